The molecule has 0 unspecified atom stereocenters. The highest BCUT2D eigenvalue weighted by molar-refractivity contribution is 5.85. The summed E-state index contributed by atoms with van der Waals surface area (Å²) in [4.78, 5) is 11.6. The van der Waals surface area contributed by atoms with Gasteiger partial charge in [0.25, 0.3) is 5.91 Å². The summed E-state index contributed by atoms with van der Waals surface area (Å²) in [5.74, 6) is -0.130. The van der Waals surface area contributed by atoms with Gasteiger partial charge in [0.05, 0.1) is 0 Å². The Kier molecular flexibility index (Phi) is 2.28. The Balaban J connectivity index is 1.90. The van der Waals surface area contributed by atoms with Crippen LogP contribution in [-0.2, 0) is 4.79 Å². The van der Waals surface area contributed by atoms with Crippen LogP contribution in [0.25, 0.3) is 0 Å². The molecule has 3 heteroatoms. The smallest absolute Gasteiger partial charge is 0.252 e. The Bertz CT molecular complexity index is 205. The standard InChI is InChI=1S/C10H17NO2/c12-9(11-8-4-5-8)10(13)6-2-1-3-7-10/h8,13H,1-7H2,(H,11,12). The minimum absolute atomic E-state index is 0.130. The predicted molar refractivity (Wildman–Crippen MR) is 49.2 cm³/mol. The van der Waals surface area contributed by atoms with Gasteiger partial charge in [0.15, 0.2) is 0 Å². The molecule has 0 heterocycles. The van der Waals surface area contributed by atoms with E-state index in [9.17, 15) is 9.90 Å². The van der Waals surface area contributed by atoms with Crippen molar-refractivity contribution in [3.8, 4) is 0 Å². The van der Waals surface area contributed by atoms with Gasteiger partial charge in [0.2, 0.25) is 0 Å². The molecule has 74 valence electrons. The van der Waals surface area contributed by atoms with Crippen molar-refractivity contribution in [1.29, 1.82) is 0 Å². The first kappa shape index (κ1) is 9.00. The number of carbonyl (C=O) groups is 1. The lowest BCUT2D eigenvalue weighted by molar-refractivity contribution is -0.143. The van der Waals surface area contributed by atoms with Crippen molar-refractivity contribution in [2.45, 2.75) is 56.6 Å². The fourth-order valence-corrected chi connectivity index (χ4v) is 1.91. The monoisotopic (exact) mass is 183 g/mol. The number of carbonyl (C=O) groups excluding carboxylic acids is 1. The van der Waals surface area contributed by atoms with Gasteiger partial charge in [-0.25, -0.2) is 0 Å². The topological polar surface area (TPSA) is 49.3 Å². The van der Waals surface area contributed by atoms with Crippen LogP contribution in [0.1, 0.15) is 44.9 Å². The van der Waals surface area contributed by atoms with E-state index in [0.717, 1.165) is 32.1 Å². The molecule has 0 aromatic heterocycles. The second-order valence-electron chi connectivity index (χ2n) is 4.34. The lowest BCUT2D eigenvalue weighted by Crippen LogP contribution is -2.48. The first-order chi connectivity index (χ1) is 6.21. The van der Waals surface area contributed by atoms with Crippen LogP contribution in [0.4, 0.5) is 0 Å². The van der Waals surface area contributed by atoms with Crippen molar-refractivity contribution in [3.63, 3.8) is 0 Å². The summed E-state index contributed by atoms with van der Waals surface area (Å²) in [6.07, 6.45) is 6.57. The van der Waals surface area contributed by atoms with Gasteiger partial charge in [-0.1, -0.05) is 19.3 Å². The number of nitrogens with one attached hydrogen (secondary N) is 1. The van der Waals surface area contributed by atoms with E-state index in [1.165, 1.54) is 0 Å². The maximum atomic E-state index is 11.6. The number of hydrogen-bond acceptors (Lipinski definition) is 2. The summed E-state index contributed by atoms with van der Waals surface area (Å²) in [6, 6.07) is 0.360. The Morgan fingerprint density at radius 3 is 2.38 bits per heavy atom. The molecule has 0 bridgehead atoms. The third-order valence-corrected chi connectivity index (χ3v) is 3.02. The average Bonchev–Trinajstić information content (AvgIpc) is 2.89. The molecule has 0 spiro atoms. The molecule has 0 saturated heterocycles. The van der Waals surface area contributed by atoms with Gasteiger partial charge in [-0.15, -0.1) is 0 Å². The van der Waals surface area contributed by atoms with E-state index in [1.54, 1.807) is 0 Å². The third kappa shape index (κ3) is 2.02. The largest absolute Gasteiger partial charge is 0.380 e. The minimum atomic E-state index is -1.04. The summed E-state index contributed by atoms with van der Waals surface area (Å²) in [6.45, 7) is 0. The Morgan fingerprint density at radius 1 is 1.23 bits per heavy atom. The summed E-state index contributed by atoms with van der Waals surface area (Å²) in [5, 5.41) is 12.9. The number of aliphatic hydroxyl groups is 1. The number of rotatable bonds is 2. The van der Waals surface area contributed by atoms with Crippen molar-refractivity contribution >= 4 is 5.91 Å². The van der Waals surface area contributed by atoms with Crippen LogP contribution in [0, 0.1) is 0 Å². The highest BCUT2D eigenvalue weighted by Crippen LogP contribution is 2.29. The van der Waals surface area contributed by atoms with Gasteiger partial charge in [0.1, 0.15) is 5.60 Å². The molecule has 0 radical (unpaired) electrons. The molecule has 2 N–H and O–H groups in total. The van der Waals surface area contributed by atoms with Crippen LogP contribution in [0.3, 0.4) is 0 Å². The summed E-state index contributed by atoms with van der Waals surface area (Å²) in [5.41, 5.74) is -1.04. The molecule has 13 heavy (non-hydrogen) atoms. The quantitative estimate of drug-likeness (QED) is 0.670. The van der Waals surface area contributed by atoms with Gasteiger partial charge in [-0.05, 0) is 25.7 Å². The lowest BCUT2D eigenvalue weighted by Gasteiger charge is -2.30. The zero-order valence-corrected chi connectivity index (χ0v) is 7.88. The molecule has 2 saturated carbocycles. The molecule has 0 aromatic carbocycles. The van der Waals surface area contributed by atoms with Crippen molar-refractivity contribution in [2.75, 3.05) is 0 Å². The molecule has 2 rings (SSSR count). The zero-order valence-electron chi connectivity index (χ0n) is 7.88. The number of amides is 1. The molecular weight excluding hydrogens is 166 g/mol. The maximum absolute atomic E-state index is 11.6. The highest BCUT2D eigenvalue weighted by Gasteiger charge is 2.39. The van der Waals surface area contributed by atoms with E-state index >= 15 is 0 Å². The molecule has 0 aliphatic heterocycles. The van der Waals surface area contributed by atoms with E-state index in [0.29, 0.717) is 18.9 Å². The molecule has 2 aliphatic carbocycles. The average molecular weight is 183 g/mol. The van der Waals surface area contributed by atoms with Gasteiger partial charge >= 0.3 is 0 Å². The second kappa shape index (κ2) is 3.29. The van der Waals surface area contributed by atoms with Gasteiger partial charge < -0.3 is 10.4 Å². The van der Waals surface area contributed by atoms with Crippen LogP contribution >= 0.6 is 0 Å². The van der Waals surface area contributed by atoms with E-state index in [-0.39, 0.29) is 5.91 Å². The minimum Gasteiger partial charge on any atom is -0.380 e. The molecule has 3 nitrogen and oxygen atoms in total. The lowest BCUT2D eigenvalue weighted by atomic mass is 9.84. The van der Waals surface area contributed by atoms with Crippen LogP contribution < -0.4 is 5.32 Å². The van der Waals surface area contributed by atoms with Crippen molar-refractivity contribution in [2.24, 2.45) is 0 Å². The van der Waals surface area contributed by atoms with Crippen LogP contribution in [-0.4, -0.2) is 22.7 Å². The first-order valence-corrected chi connectivity index (χ1v) is 5.24. The van der Waals surface area contributed by atoms with E-state index in [2.05, 4.69) is 5.32 Å². The van der Waals surface area contributed by atoms with E-state index in [1.807, 2.05) is 0 Å². The zero-order chi connectivity index (χ0) is 9.31. The highest BCUT2D eigenvalue weighted by atomic mass is 16.3. The normalized spacial score (nSPS) is 26.8. The van der Waals surface area contributed by atoms with Gasteiger partial charge in [-0.2, -0.15) is 0 Å². The maximum Gasteiger partial charge on any atom is 0.252 e. The second-order valence-corrected chi connectivity index (χ2v) is 4.34. The molecule has 0 aromatic rings. The summed E-state index contributed by atoms with van der Waals surface area (Å²) >= 11 is 0. The fourth-order valence-electron chi connectivity index (χ4n) is 1.91. The van der Waals surface area contributed by atoms with E-state index < -0.39 is 5.60 Å². The fraction of sp³-hybridized carbons (Fsp3) is 0.900. The molecule has 0 atom stereocenters. The number of hydrogen-bond donors (Lipinski definition) is 2. The molecule has 2 aliphatic rings. The molecular formula is C10H17NO2. The SMILES string of the molecule is O=C(NC1CC1)C1(O)CCCCC1. The van der Waals surface area contributed by atoms with Crippen molar-refractivity contribution in [1.82, 2.24) is 5.32 Å². The van der Waals surface area contributed by atoms with Gasteiger partial charge in [0, 0.05) is 6.04 Å². The molecule has 2 fully saturated rings. The Hall–Kier alpha value is -0.570. The first-order valence-electron chi connectivity index (χ1n) is 5.24. The third-order valence-electron chi connectivity index (χ3n) is 3.02. The Morgan fingerprint density at radius 2 is 1.85 bits per heavy atom. The predicted octanol–water partition coefficient (Wildman–Crippen LogP) is 0.960. The van der Waals surface area contributed by atoms with Crippen molar-refractivity contribution < 1.29 is 9.90 Å². The summed E-state index contributed by atoms with van der Waals surface area (Å²) in [7, 11) is 0. The summed E-state index contributed by atoms with van der Waals surface area (Å²) < 4.78 is 0. The molecule has 1 amide bonds. The van der Waals surface area contributed by atoms with Gasteiger partial charge in [-0.3, -0.25) is 4.79 Å². The van der Waals surface area contributed by atoms with Crippen LogP contribution in [0.2, 0.25) is 0 Å². The Labute approximate surface area is 78.5 Å². The van der Waals surface area contributed by atoms with Crippen LogP contribution in [0.5, 0.6) is 0 Å². The van der Waals surface area contributed by atoms with Crippen molar-refractivity contribution in [3.05, 3.63) is 0 Å². The van der Waals surface area contributed by atoms with E-state index in [4.69, 9.17) is 0 Å². The van der Waals surface area contributed by atoms with Crippen LogP contribution in [0.15, 0.2) is 0 Å².